The fourth-order valence-corrected chi connectivity index (χ4v) is 5.10. The van der Waals surface area contributed by atoms with Crippen molar-refractivity contribution in [1.29, 1.82) is 0 Å². The summed E-state index contributed by atoms with van der Waals surface area (Å²) in [5.41, 5.74) is 1.15. The zero-order valence-electron chi connectivity index (χ0n) is 17.0. The van der Waals surface area contributed by atoms with E-state index in [1.807, 2.05) is 19.1 Å². The number of guanidine groups is 1. The molecule has 2 N–H and O–H groups in total. The van der Waals surface area contributed by atoms with Gasteiger partial charge in [-0.3, -0.25) is 9.20 Å². The van der Waals surface area contributed by atoms with Gasteiger partial charge in [0.15, 0.2) is 5.96 Å². The SMILES string of the molecule is CCS(=O)C1CCCC(NC(=NC)NCc2ccccc2OC2CCC2)C1.I. The Hall–Kier alpha value is -0.830. The number of aliphatic imine (C=N–C) groups is 1. The van der Waals surface area contributed by atoms with Gasteiger partial charge in [0.1, 0.15) is 5.75 Å². The fraction of sp³-hybridized carbons (Fsp3) is 0.667. The van der Waals surface area contributed by atoms with Crippen LogP contribution in [0.15, 0.2) is 29.3 Å². The summed E-state index contributed by atoms with van der Waals surface area (Å²) in [5, 5.41) is 7.27. The van der Waals surface area contributed by atoms with Crippen LogP contribution in [0.2, 0.25) is 0 Å². The van der Waals surface area contributed by atoms with Crippen LogP contribution in [0.4, 0.5) is 0 Å². The maximum Gasteiger partial charge on any atom is 0.191 e. The minimum absolute atomic E-state index is 0. The molecule has 2 fully saturated rings. The number of nitrogens with one attached hydrogen (secondary N) is 2. The van der Waals surface area contributed by atoms with Gasteiger partial charge in [-0.1, -0.05) is 31.5 Å². The summed E-state index contributed by atoms with van der Waals surface area (Å²) in [7, 11) is 1.10. The molecule has 0 aliphatic heterocycles. The molecule has 0 aromatic heterocycles. The molecule has 1 aromatic rings. The van der Waals surface area contributed by atoms with Crippen molar-refractivity contribution < 1.29 is 8.95 Å². The molecule has 28 heavy (non-hydrogen) atoms. The summed E-state index contributed by atoms with van der Waals surface area (Å²) >= 11 is 0. The quantitative estimate of drug-likeness (QED) is 0.325. The lowest BCUT2D eigenvalue weighted by atomic mass is 9.95. The molecule has 0 amide bonds. The third-order valence-electron chi connectivity index (χ3n) is 5.61. The van der Waals surface area contributed by atoms with E-state index in [9.17, 15) is 4.21 Å². The average Bonchev–Trinajstić information content (AvgIpc) is 2.68. The van der Waals surface area contributed by atoms with Crippen molar-refractivity contribution in [2.45, 2.75) is 75.8 Å². The molecule has 5 nitrogen and oxygen atoms in total. The number of halogens is 1. The highest BCUT2D eigenvalue weighted by atomic mass is 127. The smallest absolute Gasteiger partial charge is 0.191 e. The summed E-state index contributed by atoms with van der Waals surface area (Å²) in [6.45, 7) is 2.69. The Morgan fingerprint density at radius 3 is 2.64 bits per heavy atom. The Morgan fingerprint density at radius 2 is 1.96 bits per heavy atom. The van der Waals surface area contributed by atoms with E-state index in [-0.39, 0.29) is 24.0 Å². The monoisotopic (exact) mass is 519 g/mol. The van der Waals surface area contributed by atoms with E-state index < -0.39 is 10.8 Å². The number of para-hydroxylation sites is 1. The van der Waals surface area contributed by atoms with E-state index in [2.05, 4.69) is 27.8 Å². The van der Waals surface area contributed by atoms with Crippen LogP contribution in [-0.2, 0) is 17.3 Å². The summed E-state index contributed by atoms with van der Waals surface area (Å²) in [5.74, 6) is 2.53. The van der Waals surface area contributed by atoms with Gasteiger partial charge >= 0.3 is 0 Å². The number of ether oxygens (including phenoxy) is 1. The summed E-state index contributed by atoms with van der Waals surface area (Å²) in [4.78, 5) is 4.38. The summed E-state index contributed by atoms with van der Waals surface area (Å²) in [6, 6.07) is 8.58. The van der Waals surface area contributed by atoms with Crippen molar-refractivity contribution in [3.05, 3.63) is 29.8 Å². The first-order valence-corrected chi connectivity index (χ1v) is 11.7. The molecule has 7 heteroatoms. The second kappa shape index (κ2) is 12.0. The molecule has 0 heterocycles. The Bertz CT molecular complexity index is 667. The van der Waals surface area contributed by atoms with Gasteiger partial charge < -0.3 is 15.4 Å². The maximum absolute atomic E-state index is 12.2. The van der Waals surface area contributed by atoms with Gasteiger partial charge in [0, 0.05) is 47.0 Å². The summed E-state index contributed by atoms with van der Waals surface area (Å²) in [6.07, 6.45) is 8.25. The first kappa shape index (κ1) is 23.4. The molecular weight excluding hydrogens is 485 g/mol. The molecule has 2 aliphatic rings. The minimum Gasteiger partial charge on any atom is -0.490 e. The Kier molecular flexibility index (Phi) is 10.0. The van der Waals surface area contributed by atoms with Crippen LogP contribution in [0.5, 0.6) is 5.75 Å². The zero-order chi connectivity index (χ0) is 19.1. The average molecular weight is 519 g/mol. The van der Waals surface area contributed by atoms with Crippen LogP contribution in [0, 0.1) is 0 Å². The van der Waals surface area contributed by atoms with E-state index in [0.29, 0.717) is 23.9 Å². The maximum atomic E-state index is 12.2. The number of hydrogen-bond acceptors (Lipinski definition) is 3. The standard InChI is InChI=1S/C21H33N3O2S.HI/c1-3-27(25)19-12-6-9-17(14-19)24-21(22-2)23-15-16-8-4-5-13-20(16)26-18-10-7-11-18;/h4-5,8,13,17-19H,3,6-7,9-12,14-15H2,1-2H3,(H2,22,23,24);1H. The minimum atomic E-state index is -0.706. The lowest BCUT2D eigenvalue weighted by Crippen LogP contribution is -2.46. The lowest BCUT2D eigenvalue weighted by molar-refractivity contribution is 0.119. The zero-order valence-corrected chi connectivity index (χ0v) is 20.1. The lowest BCUT2D eigenvalue weighted by Gasteiger charge is -2.30. The van der Waals surface area contributed by atoms with Crippen LogP contribution in [0.1, 0.15) is 57.4 Å². The fourth-order valence-electron chi connectivity index (χ4n) is 3.75. The van der Waals surface area contributed by atoms with Gasteiger partial charge in [0.25, 0.3) is 0 Å². The molecule has 1 aromatic carbocycles. The van der Waals surface area contributed by atoms with Gasteiger partial charge in [0.05, 0.1) is 6.10 Å². The van der Waals surface area contributed by atoms with E-state index in [4.69, 9.17) is 4.74 Å². The van der Waals surface area contributed by atoms with E-state index >= 15 is 0 Å². The molecule has 0 bridgehead atoms. The van der Waals surface area contributed by atoms with Gasteiger partial charge in [0.2, 0.25) is 0 Å². The molecule has 3 rings (SSSR count). The van der Waals surface area contributed by atoms with Crippen molar-refractivity contribution in [3.8, 4) is 5.75 Å². The van der Waals surface area contributed by atoms with Crippen molar-refractivity contribution in [3.63, 3.8) is 0 Å². The molecular formula is C21H34IN3O2S. The van der Waals surface area contributed by atoms with E-state index in [1.54, 1.807) is 7.05 Å². The highest BCUT2D eigenvalue weighted by molar-refractivity contribution is 14.0. The first-order valence-electron chi connectivity index (χ1n) is 10.3. The second-order valence-electron chi connectivity index (χ2n) is 7.50. The highest BCUT2D eigenvalue weighted by Crippen LogP contribution is 2.27. The third kappa shape index (κ3) is 6.61. The van der Waals surface area contributed by atoms with Gasteiger partial charge in [-0.15, -0.1) is 24.0 Å². The molecule has 3 unspecified atom stereocenters. The molecule has 3 atom stereocenters. The van der Waals surface area contributed by atoms with Crippen molar-refractivity contribution in [2.24, 2.45) is 4.99 Å². The Balaban J connectivity index is 0.00000280. The third-order valence-corrected chi connectivity index (χ3v) is 7.35. The van der Waals surface area contributed by atoms with E-state index in [0.717, 1.165) is 61.6 Å². The molecule has 0 spiro atoms. The predicted octanol–water partition coefficient (Wildman–Crippen LogP) is 3.98. The van der Waals surface area contributed by atoms with Crippen molar-refractivity contribution in [1.82, 2.24) is 10.6 Å². The van der Waals surface area contributed by atoms with Crippen LogP contribution >= 0.6 is 24.0 Å². The molecule has 158 valence electrons. The second-order valence-corrected chi connectivity index (χ2v) is 9.51. The molecule has 2 aliphatic carbocycles. The topological polar surface area (TPSA) is 62.7 Å². The van der Waals surface area contributed by atoms with Gasteiger partial charge in [-0.2, -0.15) is 0 Å². The number of hydrogen-bond donors (Lipinski definition) is 2. The van der Waals surface area contributed by atoms with Gasteiger partial charge in [-0.25, -0.2) is 0 Å². The highest BCUT2D eigenvalue weighted by Gasteiger charge is 2.26. The Labute approximate surface area is 189 Å². The van der Waals surface area contributed by atoms with Crippen molar-refractivity contribution >= 4 is 40.7 Å². The molecule has 2 saturated carbocycles. The van der Waals surface area contributed by atoms with Gasteiger partial charge in [-0.05, 0) is 44.6 Å². The largest absolute Gasteiger partial charge is 0.490 e. The number of benzene rings is 1. The van der Waals surface area contributed by atoms with Crippen LogP contribution in [0.3, 0.4) is 0 Å². The number of nitrogens with zero attached hydrogens (tertiary/aromatic N) is 1. The normalized spacial score (nSPS) is 23.9. The molecule has 0 radical (unpaired) electrons. The van der Waals surface area contributed by atoms with Crippen molar-refractivity contribution in [2.75, 3.05) is 12.8 Å². The molecule has 0 saturated heterocycles. The first-order chi connectivity index (χ1) is 13.2. The Morgan fingerprint density at radius 1 is 1.21 bits per heavy atom. The summed E-state index contributed by atoms with van der Waals surface area (Å²) < 4.78 is 18.3. The van der Waals surface area contributed by atoms with E-state index in [1.165, 1.54) is 6.42 Å². The van der Waals surface area contributed by atoms with Crippen LogP contribution in [-0.4, -0.2) is 40.4 Å². The number of rotatable bonds is 7. The van der Waals surface area contributed by atoms with Crippen LogP contribution in [0.25, 0.3) is 0 Å². The van der Waals surface area contributed by atoms with Crippen LogP contribution < -0.4 is 15.4 Å². The predicted molar refractivity (Wildman–Crippen MR) is 128 cm³/mol.